The van der Waals surface area contributed by atoms with Crippen LogP contribution >= 0.6 is 23.5 Å². The fraction of sp³-hybridized carbons (Fsp3) is 0.750. The van der Waals surface area contributed by atoms with E-state index in [0.29, 0.717) is 17.3 Å². The Balaban J connectivity index is 1.90. The first kappa shape index (κ1) is 30.1. The van der Waals surface area contributed by atoms with Gasteiger partial charge in [0.1, 0.15) is 23.5 Å². The summed E-state index contributed by atoms with van der Waals surface area (Å²) in [6.07, 6.45) is 3.07. The van der Waals surface area contributed by atoms with E-state index >= 15 is 0 Å². The largest absolute Gasteiger partial charge is 0.466 e. The molecule has 1 heterocycles. The molecule has 12 nitrogen and oxygen atoms in total. The minimum Gasteiger partial charge on any atom is -0.466 e. The lowest BCUT2D eigenvalue weighted by Crippen LogP contribution is -2.61. The van der Waals surface area contributed by atoms with Gasteiger partial charge in [-0.2, -0.15) is 16.9 Å². The maximum atomic E-state index is 13.7. The molecule has 3 rings (SSSR count). The van der Waals surface area contributed by atoms with Gasteiger partial charge < -0.3 is 24.8 Å². The molecule has 1 aromatic rings. The highest BCUT2D eigenvalue weighted by atomic mass is 32.2. The van der Waals surface area contributed by atoms with E-state index in [0.717, 1.165) is 0 Å². The fourth-order valence-electron chi connectivity index (χ4n) is 5.00. The zero-order chi connectivity index (χ0) is 28.1. The first-order valence-electron chi connectivity index (χ1n) is 12.6. The molecule has 212 valence electrons. The molecule has 1 aromatic heterocycles. The lowest BCUT2D eigenvalue weighted by Gasteiger charge is -2.33. The average molecular weight is 572 g/mol. The van der Waals surface area contributed by atoms with Crippen molar-refractivity contribution in [2.45, 2.75) is 75.0 Å². The number of aromatic nitrogens is 3. The van der Waals surface area contributed by atoms with Crippen molar-refractivity contribution in [1.29, 1.82) is 0 Å². The van der Waals surface area contributed by atoms with Gasteiger partial charge in [0.2, 0.25) is 5.91 Å². The van der Waals surface area contributed by atoms with Gasteiger partial charge in [0.25, 0.3) is 0 Å². The van der Waals surface area contributed by atoms with Crippen molar-refractivity contribution in [3.05, 3.63) is 6.33 Å². The zero-order valence-electron chi connectivity index (χ0n) is 22.6. The molecular formula is C24H37N5O7S2. The van der Waals surface area contributed by atoms with Gasteiger partial charge in [-0.1, -0.05) is 11.8 Å². The van der Waals surface area contributed by atoms with E-state index < -0.39 is 53.0 Å². The number of hydrogen-bond acceptors (Lipinski definition) is 11. The highest BCUT2D eigenvalue weighted by molar-refractivity contribution is 7.99. The molecule has 0 saturated heterocycles. The third-order valence-corrected chi connectivity index (χ3v) is 8.26. The van der Waals surface area contributed by atoms with Crippen LogP contribution < -0.4 is 10.6 Å². The molecule has 6 atom stereocenters. The number of carbonyl (C=O) groups excluding carboxylic acids is 4. The lowest BCUT2D eigenvalue weighted by molar-refractivity contribution is -0.156. The Kier molecular flexibility index (Phi) is 9.96. The molecule has 0 spiro atoms. The van der Waals surface area contributed by atoms with Crippen molar-refractivity contribution in [1.82, 2.24) is 25.8 Å². The topological polar surface area (TPSA) is 162 Å². The van der Waals surface area contributed by atoms with Gasteiger partial charge >= 0.3 is 18.0 Å². The number of amides is 2. The van der Waals surface area contributed by atoms with Crippen molar-refractivity contribution in [2.75, 3.05) is 25.2 Å². The first-order chi connectivity index (χ1) is 18.0. The number of nitrogens with zero attached hydrogens (tertiary/aromatic N) is 2. The number of fused-ring (bicyclic) bond motifs is 1. The maximum absolute atomic E-state index is 13.7. The second kappa shape index (κ2) is 12.6. The van der Waals surface area contributed by atoms with Crippen LogP contribution in [-0.4, -0.2) is 86.8 Å². The van der Waals surface area contributed by atoms with Gasteiger partial charge in [-0.25, -0.2) is 14.6 Å². The maximum Gasteiger partial charge on any atom is 0.408 e. The first-order valence-corrected chi connectivity index (χ1v) is 14.9. The van der Waals surface area contributed by atoms with Crippen molar-refractivity contribution in [3.63, 3.8) is 0 Å². The van der Waals surface area contributed by atoms with Gasteiger partial charge in [-0.3, -0.25) is 14.7 Å². The van der Waals surface area contributed by atoms with Crippen LogP contribution in [0.4, 0.5) is 4.79 Å². The number of ether oxygens (including phenoxy) is 3. The molecule has 14 heteroatoms. The number of H-pyrrole nitrogens is 1. The Bertz CT molecular complexity index is 1000. The summed E-state index contributed by atoms with van der Waals surface area (Å²) in [5.74, 6) is -2.34. The van der Waals surface area contributed by atoms with Crippen molar-refractivity contribution < 1.29 is 33.4 Å². The summed E-state index contributed by atoms with van der Waals surface area (Å²) in [6.45, 7) is 8.89. The average Bonchev–Trinajstić information content (AvgIpc) is 3.22. The number of alkyl carbamates (subject to hydrolysis) is 1. The number of aromatic amines is 1. The van der Waals surface area contributed by atoms with Crippen LogP contribution in [0.2, 0.25) is 0 Å². The van der Waals surface area contributed by atoms with E-state index in [1.165, 1.54) is 29.9 Å². The monoisotopic (exact) mass is 571 g/mol. The van der Waals surface area contributed by atoms with Crippen molar-refractivity contribution in [3.8, 4) is 0 Å². The summed E-state index contributed by atoms with van der Waals surface area (Å²) in [6, 6.07) is -0.956. The molecule has 0 unspecified atom stereocenters. The predicted octanol–water partition coefficient (Wildman–Crippen LogP) is 2.16. The second-order valence-electron chi connectivity index (χ2n) is 10.2. The van der Waals surface area contributed by atoms with Crippen LogP contribution in [0.25, 0.3) is 0 Å². The third kappa shape index (κ3) is 6.93. The minimum atomic E-state index is -1.47. The molecule has 0 aromatic carbocycles. The molecule has 2 aliphatic carbocycles. The summed E-state index contributed by atoms with van der Waals surface area (Å²) in [5.41, 5.74) is -2.22. The summed E-state index contributed by atoms with van der Waals surface area (Å²) < 4.78 is 16.1. The molecule has 38 heavy (non-hydrogen) atoms. The SMILES string of the molecule is CCOC(=O)[C@H]1[C@H]2[C@@H]1[C@](NC(=O)[C@H](CCSC)NC(=O)OC(C)(C)C)(C(=O)OCC)C[C@@H]2Sc1ncn[nH]1. The van der Waals surface area contributed by atoms with Crippen LogP contribution in [-0.2, 0) is 28.6 Å². The molecule has 2 aliphatic rings. The number of carbonyl (C=O) groups is 4. The standard InChI is InChI=1S/C24H37N5O7S2/c1-7-34-19(31)16-15-14(38-21-25-12-26-29-21)11-24(17(15)16,20(32)35-8-2)28-18(30)13(9-10-37-6)27-22(33)36-23(3,4)5/h12-17H,7-11H2,1-6H3,(H,27,33)(H,28,30)(H,25,26,29)/t13-,14-,15-,16-,17-,24-/m0/s1. The second-order valence-corrected chi connectivity index (χ2v) is 12.4. The molecule has 0 radical (unpaired) electrons. The Morgan fingerprint density at radius 1 is 1.21 bits per heavy atom. The number of rotatable bonds is 12. The highest BCUT2D eigenvalue weighted by Crippen LogP contribution is 2.66. The molecule has 2 amide bonds. The Morgan fingerprint density at radius 2 is 1.92 bits per heavy atom. The van der Waals surface area contributed by atoms with Gasteiger partial charge in [0.15, 0.2) is 5.16 Å². The van der Waals surface area contributed by atoms with E-state index in [1.807, 2.05) is 6.26 Å². The van der Waals surface area contributed by atoms with E-state index in [9.17, 15) is 19.2 Å². The smallest absolute Gasteiger partial charge is 0.408 e. The van der Waals surface area contributed by atoms with Crippen LogP contribution in [0.3, 0.4) is 0 Å². The van der Waals surface area contributed by atoms with Crippen LogP contribution in [0.5, 0.6) is 0 Å². The number of hydrogen-bond donors (Lipinski definition) is 3. The highest BCUT2D eigenvalue weighted by Gasteiger charge is 2.76. The van der Waals surface area contributed by atoms with Gasteiger partial charge in [-0.15, -0.1) is 0 Å². The summed E-state index contributed by atoms with van der Waals surface area (Å²) in [4.78, 5) is 56.7. The predicted molar refractivity (Wildman–Crippen MR) is 141 cm³/mol. The van der Waals surface area contributed by atoms with Crippen LogP contribution in [0, 0.1) is 17.8 Å². The summed E-state index contributed by atoms with van der Waals surface area (Å²) >= 11 is 2.88. The van der Waals surface area contributed by atoms with Crippen molar-refractivity contribution >= 4 is 47.5 Å². The lowest BCUT2D eigenvalue weighted by atomic mass is 9.89. The van der Waals surface area contributed by atoms with Crippen molar-refractivity contribution in [2.24, 2.45) is 17.8 Å². The quantitative estimate of drug-likeness (QED) is 0.249. The fourth-order valence-corrected chi connectivity index (χ4v) is 6.82. The number of nitrogens with one attached hydrogen (secondary N) is 3. The molecule has 0 bridgehead atoms. The van der Waals surface area contributed by atoms with E-state index in [2.05, 4.69) is 25.8 Å². The van der Waals surface area contributed by atoms with Crippen LogP contribution in [0.1, 0.15) is 47.5 Å². The Morgan fingerprint density at radius 3 is 2.50 bits per heavy atom. The Hall–Kier alpha value is -2.48. The zero-order valence-corrected chi connectivity index (χ0v) is 24.2. The molecular weight excluding hydrogens is 534 g/mol. The molecule has 2 saturated carbocycles. The summed E-state index contributed by atoms with van der Waals surface area (Å²) in [5, 5.41) is 12.5. The van der Waals surface area contributed by atoms with Gasteiger partial charge in [0, 0.05) is 11.2 Å². The third-order valence-electron chi connectivity index (χ3n) is 6.42. The van der Waals surface area contributed by atoms with E-state index in [1.54, 1.807) is 34.6 Å². The molecule has 2 fully saturated rings. The minimum absolute atomic E-state index is 0.101. The Labute approximate surface area is 230 Å². The number of esters is 2. The van der Waals surface area contributed by atoms with Gasteiger partial charge in [0.05, 0.1) is 19.1 Å². The molecule has 3 N–H and O–H groups in total. The van der Waals surface area contributed by atoms with Crippen LogP contribution in [0.15, 0.2) is 11.5 Å². The number of thioether (sulfide) groups is 2. The summed E-state index contributed by atoms with van der Waals surface area (Å²) in [7, 11) is 0. The van der Waals surface area contributed by atoms with E-state index in [-0.39, 0.29) is 30.8 Å². The van der Waals surface area contributed by atoms with E-state index in [4.69, 9.17) is 14.2 Å². The normalized spacial score (nSPS) is 26.6. The molecule has 0 aliphatic heterocycles. The van der Waals surface area contributed by atoms with Gasteiger partial charge in [-0.05, 0) is 65.4 Å².